The molecular weight excluding hydrogens is 237 g/mol. The Morgan fingerprint density at radius 1 is 1.22 bits per heavy atom. The topological polar surface area (TPSA) is 62.3 Å². The Balaban J connectivity index is 2.64. The van der Waals surface area contributed by atoms with Gasteiger partial charge in [-0.15, -0.1) is 0 Å². The van der Waals surface area contributed by atoms with E-state index in [0.29, 0.717) is 22.8 Å². The molecule has 96 valence electrons. The fraction of sp³-hybridized carbons (Fsp3) is 0.250. The first-order valence-corrected chi connectivity index (χ1v) is 5.28. The number of halogens is 1. The summed E-state index contributed by atoms with van der Waals surface area (Å²) in [6.45, 7) is 0. The van der Waals surface area contributed by atoms with Crippen LogP contribution in [0.5, 0.6) is 11.5 Å². The second kappa shape index (κ2) is 4.56. The van der Waals surface area contributed by atoms with E-state index >= 15 is 0 Å². The van der Waals surface area contributed by atoms with Crippen LogP contribution in [0, 0.1) is 5.82 Å². The minimum atomic E-state index is -0.484. The molecule has 0 atom stereocenters. The van der Waals surface area contributed by atoms with E-state index in [9.17, 15) is 4.39 Å². The van der Waals surface area contributed by atoms with Crippen molar-refractivity contribution in [3.8, 4) is 22.8 Å². The van der Waals surface area contributed by atoms with Crippen molar-refractivity contribution in [1.82, 2.24) is 9.78 Å². The SMILES string of the molecule is COc1c(F)ccc(-c2cc(N)n(C)n2)c1OC. The van der Waals surface area contributed by atoms with E-state index in [2.05, 4.69) is 5.10 Å². The molecule has 0 aliphatic carbocycles. The number of benzene rings is 1. The summed E-state index contributed by atoms with van der Waals surface area (Å²) in [6, 6.07) is 4.58. The van der Waals surface area contributed by atoms with Crippen molar-refractivity contribution < 1.29 is 13.9 Å². The first-order chi connectivity index (χ1) is 8.58. The third kappa shape index (κ3) is 1.85. The molecule has 18 heavy (non-hydrogen) atoms. The zero-order chi connectivity index (χ0) is 13.3. The number of aromatic nitrogens is 2. The van der Waals surface area contributed by atoms with Gasteiger partial charge in [-0.25, -0.2) is 4.39 Å². The number of hydrogen-bond donors (Lipinski definition) is 1. The lowest BCUT2D eigenvalue weighted by atomic mass is 10.1. The molecule has 0 bridgehead atoms. The molecule has 0 spiro atoms. The molecule has 5 nitrogen and oxygen atoms in total. The summed E-state index contributed by atoms with van der Waals surface area (Å²) in [7, 11) is 4.57. The number of nitrogen functional groups attached to an aromatic ring is 1. The third-order valence-electron chi connectivity index (χ3n) is 2.66. The van der Waals surface area contributed by atoms with E-state index in [-0.39, 0.29) is 5.75 Å². The normalized spacial score (nSPS) is 10.4. The van der Waals surface area contributed by atoms with Crippen LogP contribution in [-0.2, 0) is 7.05 Å². The summed E-state index contributed by atoms with van der Waals surface area (Å²) >= 11 is 0. The molecule has 1 heterocycles. The lowest BCUT2D eigenvalue weighted by molar-refractivity contribution is 0.338. The van der Waals surface area contributed by atoms with Gasteiger partial charge in [-0.2, -0.15) is 5.10 Å². The van der Waals surface area contributed by atoms with Gasteiger partial charge >= 0.3 is 0 Å². The van der Waals surface area contributed by atoms with Crippen LogP contribution in [-0.4, -0.2) is 24.0 Å². The van der Waals surface area contributed by atoms with Crippen LogP contribution in [0.3, 0.4) is 0 Å². The Morgan fingerprint density at radius 3 is 2.39 bits per heavy atom. The number of nitrogens with zero attached hydrogens (tertiary/aromatic N) is 2. The second-order valence-electron chi connectivity index (χ2n) is 3.74. The fourth-order valence-electron chi connectivity index (χ4n) is 1.75. The fourth-order valence-corrected chi connectivity index (χ4v) is 1.75. The molecule has 0 amide bonds. The van der Waals surface area contributed by atoms with Crippen LogP contribution in [0.15, 0.2) is 18.2 Å². The Labute approximate surface area is 104 Å². The number of rotatable bonds is 3. The molecule has 6 heteroatoms. The number of nitrogens with two attached hydrogens (primary N) is 1. The van der Waals surface area contributed by atoms with Crippen molar-refractivity contribution in [2.45, 2.75) is 0 Å². The van der Waals surface area contributed by atoms with Crippen molar-refractivity contribution in [3.05, 3.63) is 24.0 Å². The Kier molecular flexibility index (Phi) is 3.10. The van der Waals surface area contributed by atoms with Gasteiger partial charge in [0.25, 0.3) is 0 Å². The lowest BCUT2D eigenvalue weighted by Gasteiger charge is -2.11. The number of ether oxygens (including phenoxy) is 2. The van der Waals surface area contributed by atoms with Crippen LogP contribution in [0.25, 0.3) is 11.3 Å². The Morgan fingerprint density at radius 2 is 1.89 bits per heavy atom. The molecule has 1 aromatic heterocycles. The molecule has 0 fully saturated rings. The summed E-state index contributed by atoms with van der Waals surface area (Å²) in [5.74, 6) is 0.382. The van der Waals surface area contributed by atoms with Gasteiger partial charge < -0.3 is 15.2 Å². The Hall–Kier alpha value is -2.24. The van der Waals surface area contributed by atoms with Crippen LogP contribution in [0.2, 0.25) is 0 Å². The highest BCUT2D eigenvalue weighted by molar-refractivity contribution is 5.72. The van der Waals surface area contributed by atoms with Gasteiger partial charge in [0.2, 0.25) is 0 Å². The summed E-state index contributed by atoms with van der Waals surface area (Å²) in [5, 5.41) is 4.23. The molecule has 2 N–H and O–H groups in total. The van der Waals surface area contributed by atoms with E-state index in [4.69, 9.17) is 15.2 Å². The summed E-state index contributed by atoms with van der Waals surface area (Å²) in [5.41, 5.74) is 6.95. The van der Waals surface area contributed by atoms with Gasteiger partial charge in [0, 0.05) is 18.7 Å². The average Bonchev–Trinajstić information content (AvgIpc) is 2.68. The van der Waals surface area contributed by atoms with Crippen LogP contribution in [0.1, 0.15) is 0 Å². The maximum atomic E-state index is 13.6. The second-order valence-corrected chi connectivity index (χ2v) is 3.74. The van der Waals surface area contributed by atoms with Gasteiger partial charge in [0.15, 0.2) is 17.3 Å². The quantitative estimate of drug-likeness (QED) is 0.903. The number of anilines is 1. The van der Waals surface area contributed by atoms with Gasteiger partial charge in [-0.05, 0) is 12.1 Å². The summed E-state index contributed by atoms with van der Waals surface area (Å²) in [6.07, 6.45) is 0. The van der Waals surface area contributed by atoms with E-state index < -0.39 is 5.82 Å². The monoisotopic (exact) mass is 251 g/mol. The third-order valence-corrected chi connectivity index (χ3v) is 2.66. The molecule has 0 saturated carbocycles. The predicted molar refractivity (Wildman–Crippen MR) is 66.1 cm³/mol. The lowest BCUT2D eigenvalue weighted by Crippen LogP contribution is -1.98. The minimum Gasteiger partial charge on any atom is -0.492 e. The van der Waals surface area contributed by atoms with Gasteiger partial charge in [0.1, 0.15) is 5.82 Å². The van der Waals surface area contributed by atoms with Crippen LogP contribution >= 0.6 is 0 Å². The largest absolute Gasteiger partial charge is 0.492 e. The highest BCUT2D eigenvalue weighted by atomic mass is 19.1. The molecule has 2 aromatic rings. The summed E-state index contributed by atoms with van der Waals surface area (Å²) in [4.78, 5) is 0. The molecule has 0 radical (unpaired) electrons. The molecule has 2 rings (SSSR count). The van der Waals surface area contributed by atoms with Gasteiger partial charge in [-0.1, -0.05) is 0 Å². The molecular formula is C12H14FN3O2. The maximum Gasteiger partial charge on any atom is 0.197 e. The molecule has 1 aromatic carbocycles. The van der Waals surface area contributed by atoms with Gasteiger partial charge in [0.05, 0.1) is 19.9 Å². The Bertz CT molecular complexity index is 561. The zero-order valence-corrected chi connectivity index (χ0v) is 10.4. The van der Waals surface area contributed by atoms with E-state index in [1.165, 1.54) is 25.0 Å². The number of aryl methyl sites for hydroxylation is 1. The first kappa shape index (κ1) is 12.2. The van der Waals surface area contributed by atoms with E-state index in [1.807, 2.05) is 0 Å². The molecule has 0 aliphatic heterocycles. The van der Waals surface area contributed by atoms with Gasteiger partial charge in [-0.3, -0.25) is 4.68 Å². The number of hydrogen-bond acceptors (Lipinski definition) is 4. The standard InChI is InChI=1S/C12H14FN3O2/c1-16-10(14)6-9(15-16)7-4-5-8(13)12(18-3)11(7)17-2/h4-6H,14H2,1-3H3. The maximum absolute atomic E-state index is 13.6. The zero-order valence-electron chi connectivity index (χ0n) is 10.4. The number of methoxy groups -OCH3 is 2. The smallest absolute Gasteiger partial charge is 0.197 e. The minimum absolute atomic E-state index is 0.0548. The van der Waals surface area contributed by atoms with E-state index in [0.717, 1.165) is 0 Å². The highest BCUT2D eigenvalue weighted by Gasteiger charge is 2.18. The van der Waals surface area contributed by atoms with Crippen molar-refractivity contribution in [3.63, 3.8) is 0 Å². The summed E-state index contributed by atoms with van der Waals surface area (Å²) < 4.78 is 25.3. The molecule has 0 saturated heterocycles. The first-order valence-electron chi connectivity index (χ1n) is 5.28. The van der Waals surface area contributed by atoms with Crippen molar-refractivity contribution >= 4 is 5.82 Å². The van der Waals surface area contributed by atoms with Crippen molar-refractivity contribution in [2.24, 2.45) is 7.05 Å². The highest BCUT2D eigenvalue weighted by Crippen LogP contribution is 2.39. The van der Waals surface area contributed by atoms with Crippen molar-refractivity contribution in [1.29, 1.82) is 0 Å². The van der Waals surface area contributed by atoms with E-state index in [1.54, 1.807) is 19.2 Å². The predicted octanol–water partition coefficient (Wildman–Crippen LogP) is 1.83. The van der Waals surface area contributed by atoms with Crippen molar-refractivity contribution in [2.75, 3.05) is 20.0 Å². The average molecular weight is 251 g/mol. The van der Waals surface area contributed by atoms with Crippen LogP contribution < -0.4 is 15.2 Å². The van der Waals surface area contributed by atoms with Crippen LogP contribution in [0.4, 0.5) is 10.2 Å². The molecule has 0 unspecified atom stereocenters. The molecule has 0 aliphatic rings.